The Morgan fingerprint density at radius 2 is 1.62 bits per heavy atom. The number of ether oxygens (including phenoxy) is 1. The van der Waals surface area contributed by atoms with Crippen molar-refractivity contribution in [1.29, 1.82) is 0 Å². The van der Waals surface area contributed by atoms with Crippen molar-refractivity contribution in [3.63, 3.8) is 0 Å². The summed E-state index contributed by atoms with van der Waals surface area (Å²) >= 11 is 0. The molecule has 0 bridgehead atoms. The Hall–Kier alpha value is -2.90. The van der Waals surface area contributed by atoms with E-state index in [0.717, 1.165) is 0 Å². The fraction of sp³-hybridized carbons (Fsp3) is 0.556. The summed E-state index contributed by atoms with van der Waals surface area (Å²) in [5.41, 5.74) is 0. The molecule has 1 aromatic heterocycles. The van der Waals surface area contributed by atoms with Crippen LogP contribution in [0, 0.1) is 17.6 Å². The van der Waals surface area contributed by atoms with E-state index in [1.165, 1.54) is 9.80 Å². The van der Waals surface area contributed by atoms with E-state index in [-0.39, 0.29) is 45.6 Å². The van der Waals surface area contributed by atoms with Crippen LogP contribution in [-0.4, -0.2) is 86.2 Å². The van der Waals surface area contributed by atoms with Crippen molar-refractivity contribution < 1.29 is 40.7 Å². The van der Waals surface area contributed by atoms with Gasteiger partial charge >= 0.3 is 6.09 Å². The SMILES string of the molecule is CCOC(=O)N1CCN(c2nc(F)c(F)c(S(=O)(=O)CCN3C(=O)CCC3=O)c2F)CC1. The summed E-state index contributed by atoms with van der Waals surface area (Å²) < 4.78 is 73.7. The second-order valence-corrected chi connectivity index (χ2v) is 9.16. The molecule has 0 aliphatic carbocycles. The molecule has 0 radical (unpaired) electrons. The van der Waals surface area contributed by atoms with Crippen LogP contribution in [0.2, 0.25) is 0 Å². The van der Waals surface area contributed by atoms with Crippen LogP contribution in [0.15, 0.2) is 4.90 Å². The molecular weight excluding hydrogens is 457 g/mol. The lowest BCUT2D eigenvalue weighted by Crippen LogP contribution is -2.49. The van der Waals surface area contributed by atoms with Gasteiger partial charge in [-0.25, -0.2) is 22.0 Å². The zero-order valence-corrected chi connectivity index (χ0v) is 18.0. The van der Waals surface area contributed by atoms with Crippen LogP contribution in [0.4, 0.5) is 23.8 Å². The first kappa shape index (κ1) is 23.8. The molecule has 10 nitrogen and oxygen atoms in total. The van der Waals surface area contributed by atoms with Crippen LogP contribution in [-0.2, 0) is 24.2 Å². The zero-order chi connectivity index (χ0) is 23.6. The first-order chi connectivity index (χ1) is 15.1. The van der Waals surface area contributed by atoms with E-state index in [2.05, 4.69) is 4.98 Å². The van der Waals surface area contributed by atoms with E-state index in [1.807, 2.05) is 0 Å². The van der Waals surface area contributed by atoms with Crippen molar-refractivity contribution in [3.05, 3.63) is 17.6 Å². The predicted molar refractivity (Wildman–Crippen MR) is 103 cm³/mol. The number of anilines is 1. The minimum Gasteiger partial charge on any atom is -0.450 e. The molecule has 176 valence electrons. The smallest absolute Gasteiger partial charge is 0.409 e. The second-order valence-electron chi connectivity index (χ2n) is 7.11. The number of rotatable bonds is 6. The number of nitrogens with zero attached hydrogens (tertiary/aromatic N) is 4. The molecule has 3 amide bonds. The van der Waals surface area contributed by atoms with Crippen molar-refractivity contribution in [3.8, 4) is 0 Å². The van der Waals surface area contributed by atoms with Crippen molar-refractivity contribution in [1.82, 2.24) is 14.8 Å². The number of piperazine rings is 1. The molecule has 2 saturated heterocycles. The molecule has 3 rings (SSSR count). The molecular formula is C18H21F3N4O6S. The quantitative estimate of drug-likeness (QED) is 0.433. The Labute approximate surface area is 181 Å². The normalized spacial score (nSPS) is 17.3. The molecule has 0 unspecified atom stereocenters. The van der Waals surface area contributed by atoms with E-state index in [4.69, 9.17) is 4.74 Å². The molecule has 2 aliphatic rings. The number of hydrogen-bond donors (Lipinski definition) is 0. The van der Waals surface area contributed by atoms with Gasteiger partial charge in [-0.05, 0) is 6.92 Å². The van der Waals surface area contributed by atoms with E-state index in [9.17, 15) is 31.6 Å². The third-order valence-corrected chi connectivity index (χ3v) is 6.84. The van der Waals surface area contributed by atoms with Crippen LogP contribution in [0.25, 0.3) is 0 Å². The number of halogens is 3. The molecule has 1 aromatic rings. The maximum atomic E-state index is 15.1. The molecule has 0 aromatic carbocycles. The molecule has 0 N–H and O–H groups in total. The molecule has 2 fully saturated rings. The molecule has 3 heterocycles. The molecule has 2 aliphatic heterocycles. The lowest BCUT2D eigenvalue weighted by molar-refractivity contribution is -0.137. The molecule has 32 heavy (non-hydrogen) atoms. The van der Waals surface area contributed by atoms with Gasteiger partial charge in [0.2, 0.25) is 11.8 Å². The molecule has 0 spiro atoms. The molecule has 0 saturated carbocycles. The van der Waals surface area contributed by atoms with Crippen LogP contribution in [0.3, 0.4) is 0 Å². The van der Waals surface area contributed by atoms with Crippen LogP contribution < -0.4 is 4.90 Å². The third-order valence-electron chi connectivity index (χ3n) is 5.13. The van der Waals surface area contributed by atoms with E-state index < -0.39 is 68.3 Å². The maximum absolute atomic E-state index is 15.1. The van der Waals surface area contributed by atoms with Gasteiger partial charge in [-0.2, -0.15) is 9.37 Å². The number of carbonyl (C=O) groups excluding carboxylic acids is 3. The second kappa shape index (κ2) is 9.30. The van der Waals surface area contributed by atoms with Gasteiger partial charge in [-0.1, -0.05) is 0 Å². The maximum Gasteiger partial charge on any atom is 0.409 e. The van der Waals surface area contributed by atoms with E-state index in [0.29, 0.717) is 4.90 Å². The number of hydrogen-bond acceptors (Lipinski definition) is 8. The van der Waals surface area contributed by atoms with Crippen molar-refractivity contribution >= 4 is 33.6 Å². The number of imide groups is 1. The van der Waals surface area contributed by atoms with Crippen molar-refractivity contribution in [2.24, 2.45) is 0 Å². The van der Waals surface area contributed by atoms with Crippen LogP contribution in [0.1, 0.15) is 19.8 Å². The first-order valence-corrected chi connectivity index (χ1v) is 11.5. The standard InChI is InChI=1S/C18H21F3N4O6S/c1-2-31-18(28)24-7-5-23(6-8-24)17-14(20)15(13(19)16(21)22-17)32(29,30)10-9-25-11(26)3-4-12(25)27/h2-10H2,1H3. The first-order valence-electron chi connectivity index (χ1n) is 9.84. The number of likely N-dealkylation sites (tertiary alicyclic amines) is 1. The van der Waals surface area contributed by atoms with E-state index in [1.54, 1.807) is 6.92 Å². The number of sulfone groups is 1. The fourth-order valence-corrected chi connectivity index (χ4v) is 4.82. The number of pyridine rings is 1. The van der Waals surface area contributed by atoms with Gasteiger partial charge in [0.15, 0.2) is 27.3 Å². The highest BCUT2D eigenvalue weighted by Crippen LogP contribution is 2.29. The average molecular weight is 478 g/mol. The van der Waals surface area contributed by atoms with Gasteiger partial charge in [-0.15, -0.1) is 0 Å². The van der Waals surface area contributed by atoms with Gasteiger partial charge in [0.05, 0.1) is 12.4 Å². The average Bonchev–Trinajstić information content (AvgIpc) is 3.07. The van der Waals surface area contributed by atoms with Gasteiger partial charge in [0.25, 0.3) is 5.95 Å². The zero-order valence-electron chi connectivity index (χ0n) is 17.1. The topological polar surface area (TPSA) is 117 Å². The number of carbonyl (C=O) groups is 3. The Balaban J connectivity index is 1.83. The highest BCUT2D eigenvalue weighted by atomic mass is 32.2. The Bertz CT molecular complexity index is 1030. The van der Waals surface area contributed by atoms with Crippen molar-refractivity contribution in [2.75, 3.05) is 50.0 Å². The Morgan fingerprint density at radius 1 is 1.03 bits per heavy atom. The van der Waals surface area contributed by atoms with Crippen LogP contribution >= 0.6 is 0 Å². The van der Waals surface area contributed by atoms with Gasteiger partial charge in [0, 0.05) is 45.6 Å². The highest BCUT2D eigenvalue weighted by molar-refractivity contribution is 7.91. The summed E-state index contributed by atoms with van der Waals surface area (Å²) in [6.07, 6.45) is -0.735. The van der Waals surface area contributed by atoms with Crippen molar-refractivity contribution in [2.45, 2.75) is 24.7 Å². The molecule has 0 atom stereocenters. The third kappa shape index (κ3) is 4.64. The monoisotopic (exact) mass is 478 g/mol. The summed E-state index contributed by atoms with van der Waals surface area (Å²) in [5, 5.41) is 0. The number of aromatic nitrogens is 1. The highest BCUT2D eigenvalue weighted by Gasteiger charge is 2.36. The summed E-state index contributed by atoms with van der Waals surface area (Å²) in [6, 6.07) is 0. The van der Waals surface area contributed by atoms with Gasteiger partial charge in [-0.3, -0.25) is 14.5 Å². The molecule has 14 heteroatoms. The van der Waals surface area contributed by atoms with Gasteiger partial charge in [0.1, 0.15) is 4.90 Å². The van der Waals surface area contributed by atoms with Crippen LogP contribution in [0.5, 0.6) is 0 Å². The minimum absolute atomic E-state index is 0.0237. The predicted octanol–water partition coefficient (Wildman–Crippen LogP) is 0.700. The number of amides is 3. The summed E-state index contributed by atoms with van der Waals surface area (Å²) in [4.78, 5) is 40.0. The minimum atomic E-state index is -4.76. The summed E-state index contributed by atoms with van der Waals surface area (Å²) in [5.74, 6) is -8.22. The Morgan fingerprint density at radius 3 is 2.19 bits per heavy atom. The fourth-order valence-electron chi connectivity index (χ4n) is 3.47. The largest absolute Gasteiger partial charge is 0.450 e. The summed E-state index contributed by atoms with van der Waals surface area (Å²) in [7, 11) is -4.76. The van der Waals surface area contributed by atoms with Gasteiger partial charge < -0.3 is 14.5 Å². The Kier molecular flexibility index (Phi) is 6.91. The summed E-state index contributed by atoms with van der Waals surface area (Å²) in [6.45, 7) is 1.28. The van der Waals surface area contributed by atoms with E-state index >= 15 is 4.39 Å². The lowest BCUT2D eigenvalue weighted by atomic mass is 10.3. The lowest BCUT2D eigenvalue weighted by Gasteiger charge is -2.35.